The Hall–Kier alpha value is -2.89. The van der Waals surface area contributed by atoms with Gasteiger partial charge >= 0.3 is 23.9 Å². The van der Waals surface area contributed by atoms with E-state index in [2.05, 4.69) is 11.8 Å². The molecule has 0 aromatic heterocycles. The third kappa shape index (κ3) is 19.0. The number of piperidine rings is 1. The van der Waals surface area contributed by atoms with Crippen LogP contribution >= 0.6 is 11.6 Å². The van der Waals surface area contributed by atoms with Gasteiger partial charge in [-0.3, -0.25) is 19.2 Å². The number of rotatable bonds is 13. The van der Waals surface area contributed by atoms with Crippen molar-refractivity contribution in [3.8, 4) is 5.75 Å². The average molecular weight is 547 g/mol. The van der Waals surface area contributed by atoms with Gasteiger partial charge in [0, 0.05) is 18.1 Å². The standard InChI is InChI=1S/C17H27ClN2O.2C4H6O4/c1-2-10-21-17-6-5-16(18)11-15(17)7-9-20-8-3-4-14(12-19)13-20;2*5-3(6)1-2-4(7)8/h5-6,11,14H,2-4,7-10,12-13,19H2,1H3;2*1-2H2,(H,5,6)(H,7,8)/t14-;;/m0../s1. The molecular weight excluding hydrogens is 508 g/mol. The summed E-state index contributed by atoms with van der Waals surface area (Å²) in [5, 5.41) is 32.4. The van der Waals surface area contributed by atoms with E-state index in [1.807, 2.05) is 18.2 Å². The molecule has 11 nitrogen and oxygen atoms in total. The minimum absolute atomic E-state index is 0.296. The zero-order valence-corrected chi connectivity index (χ0v) is 22.0. The summed E-state index contributed by atoms with van der Waals surface area (Å²) in [6.45, 7) is 7.05. The van der Waals surface area contributed by atoms with Crippen LogP contribution in [0.3, 0.4) is 0 Å². The summed E-state index contributed by atoms with van der Waals surface area (Å²) in [7, 11) is 0. The molecule has 1 aromatic carbocycles. The van der Waals surface area contributed by atoms with Crippen LogP contribution in [-0.4, -0.2) is 82.0 Å². The molecule has 37 heavy (non-hydrogen) atoms. The van der Waals surface area contributed by atoms with Crippen molar-refractivity contribution in [1.29, 1.82) is 0 Å². The van der Waals surface area contributed by atoms with E-state index in [0.717, 1.165) is 49.9 Å². The zero-order chi connectivity index (χ0) is 28.2. The number of likely N-dealkylation sites (tertiary alicyclic amines) is 1. The third-order valence-electron chi connectivity index (χ3n) is 5.22. The topological polar surface area (TPSA) is 188 Å². The first-order valence-electron chi connectivity index (χ1n) is 12.2. The number of carboxylic acid groups (broad SMARTS) is 4. The maximum Gasteiger partial charge on any atom is 0.303 e. The molecule has 1 aliphatic heterocycles. The molecule has 0 amide bonds. The van der Waals surface area contributed by atoms with Crippen LogP contribution in [0.15, 0.2) is 18.2 Å². The summed E-state index contributed by atoms with van der Waals surface area (Å²) in [5.74, 6) is -2.66. The second kappa shape index (κ2) is 20.2. The van der Waals surface area contributed by atoms with Gasteiger partial charge in [-0.2, -0.15) is 0 Å². The van der Waals surface area contributed by atoms with E-state index >= 15 is 0 Å². The number of hydrogen-bond acceptors (Lipinski definition) is 7. The first-order chi connectivity index (χ1) is 17.5. The van der Waals surface area contributed by atoms with Crippen LogP contribution in [0.25, 0.3) is 0 Å². The van der Waals surface area contributed by atoms with Crippen molar-refractivity contribution >= 4 is 35.5 Å². The fourth-order valence-corrected chi connectivity index (χ4v) is 3.54. The molecular formula is C25H39ClN2O9. The Morgan fingerprint density at radius 1 is 1.00 bits per heavy atom. The number of halogens is 1. The largest absolute Gasteiger partial charge is 0.493 e. The van der Waals surface area contributed by atoms with E-state index in [4.69, 9.17) is 42.5 Å². The first-order valence-corrected chi connectivity index (χ1v) is 12.6. The predicted octanol–water partition coefficient (Wildman–Crippen LogP) is 3.21. The lowest BCUT2D eigenvalue weighted by molar-refractivity contribution is -0.143. The Balaban J connectivity index is 0.000000669. The average Bonchev–Trinajstić information content (AvgIpc) is 2.85. The van der Waals surface area contributed by atoms with Gasteiger partial charge in [-0.1, -0.05) is 18.5 Å². The van der Waals surface area contributed by atoms with Crippen LogP contribution in [0.2, 0.25) is 5.02 Å². The molecule has 0 radical (unpaired) electrons. The number of carbonyl (C=O) groups is 4. The van der Waals surface area contributed by atoms with E-state index in [9.17, 15) is 19.2 Å². The fraction of sp³-hybridized carbons (Fsp3) is 0.600. The van der Waals surface area contributed by atoms with Crippen molar-refractivity contribution in [3.63, 3.8) is 0 Å². The van der Waals surface area contributed by atoms with Gasteiger partial charge < -0.3 is 35.8 Å². The second-order valence-corrected chi connectivity index (χ2v) is 8.91. The van der Waals surface area contributed by atoms with Crippen molar-refractivity contribution < 1.29 is 44.3 Å². The maximum atomic E-state index is 9.64. The van der Waals surface area contributed by atoms with Gasteiger partial charge in [-0.05, 0) is 68.5 Å². The third-order valence-corrected chi connectivity index (χ3v) is 5.46. The second-order valence-electron chi connectivity index (χ2n) is 8.47. The molecule has 210 valence electrons. The summed E-state index contributed by atoms with van der Waals surface area (Å²) >= 11 is 6.13. The molecule has 0 unspecified atom stereocenters. The number of aliphatic carboxylic acids is 4. The molecule has 0 spiro atoms. The minimum Gasteiger partial charge on any atom is -0.493 e. The Morgan fingerprint density at radius 3 is 2.00 bits per heavy atom. The Bertz CT molecular complexity index is 795. The maximum absolute atomic E-state index is 9.64. The number of hydrogen-bond donors (Lipinski definition) is 5. The highest BCUT2D eigenvalue weighted by atomic mass is 35.5. The highest BCUT2D eigenvalue weighted by Gasteiger charge is 2.18. The van der Waals surface area contributed by atoms with Crippen LogP contribution in [0.4, 0.5) is 0 Å². The molecule has 12 heteroatoms. The lowest BCUT2D eigenvalue weighted by atomic mass is 9.98. The molecule has 1 heterocycles. The van der Waals surface area contributed by atoms with Gasteiger partial charge in [0.1, 0.15) is 5.75 Å². The van der Waals surface area contributed by atoms with E-state index in [1.54, 1.807) is 0 Å². The van der Waals surface area contributed by atoms with Crippen molar-refractivity contribution in [1.82, 2.24) is 4.90 Å². The molecule has 1 saturated heterocycles. The molecule has 0 bridgehead atoms. The minimum atomic E-state index is -1.08. The molecule has 0 aliphatic carbocycles. The molecule has 1 fully saturated rings. The summed E-state index contributed by atoms with van der Waals surface area (Å²) < 4.78 is 5.83. The molecule has 1 atom stereocenters. The summed E-state index contributed by atoms with van der Waals surface area (Å²) in [6.07, 6.45) is 3.35. The number of ether oxygens (including phenoxy) is 1. The van der Waals surface area contributed by atoms with Crippen molar-refractivity contribution in [2.24, 2.45) is 11.7 Å². The number of nitrogens with zero attached hydrogens (tertiary/aromatic N) is 1. The normalized spacial score (nSPS) is 14.8. The van der Waals surface area contributed by atoms with E-state index in [-0.39, 0.29) is 25.7 Å². The van der Waals surface area contributed by atoms with E-state index in [1.165, 1.54) is 24.9 Å². The molecule has 2 rings (SSSR count). The summed E-state index contributed by atoms with van der Waals surface area (Å²) in [5.41, 5.74) is 7.02. The zero-order valence-electron chi connectivity index (χ0n) is 21.2. The predicted molar refractivity (Wildman–Crippen MR) is 138 cm³/mol. The van der Waals surface area contributed by atoms with Crippen molar-refractivity contribution in [3.05, 3.63) is 28.8 Å². The van der Waals surface area contributed by atoms with Crippen LogP contribution in [0, 0.1) is 5.92 Å². The smallest absolute Gasteiger partial charge is 0.303 e. The van der Waals surface area contributed by atoms with Gasteiger partial charge in [0.05, 0.1) is 32.3 Å². The van der Waals surface area contributed by atoms with Gasteiger partial charge in [-0.15, -0.1) is 0 Å². The lowest BCUT2D eigenvalue weighted by Gasteiger charge is -2.32. The fourth-order valence-electron chi connectivity index (χ4n) is 3.35. The Morgan fingerprint density at radius 2 is 1.54 bits per heavy atom. The van der Waals surface area contributed by atoms with Crippen LogP contribution in [0.5, 0.6) is 5.75 Å². The Labute approximate surface area is 222 Å². The van der Waals surface area contributed by atoms with E-state index < -0.39 is 23.9 Å². The molecule has 1 aromatic rings. The van der Waals surface area contributed by atoms with Crippen molar-refractivity contribution in [2.75, 3.05) is 32.8 Å². The van der Waals surface area contributed by atoms with Gasteiger partial charge in [0.2, 0.25) is 0 Å². The SMILES string of the molecule is CCCOc1ccc(Cl)cc1CCN1CCC[C@@H](CN)C1.O=C(O)CCC(=O)O.O=C(O)CCC(=O)O. The van der Waals surface area contributed by atoms with E-state index in [0.29, 0.717) is 5.92 Å². The van der Waals surface area contributed by atoms with Crippen molar-refractivity contribution in [2.45, 2.75) is 58.3 Å². The van der Waals surface area contributed by atoms with Gasteiger partial charge in [-0.25, -0.2) is 0 Å². The summed E-state index contributed by atoms with van der Waals surface area (Å²) in [4.78, 5) is 41.1. The van der Waals surface area contributed by atoms with Crippen LogP contribution in [-0.2, 0) is 25.6 Å². The van der Waals surface area contributed by atoms with Gasteiger partial charge in [0.25, 0.3) is 0 Å². The number of benzene rings is 1. The lowest BCUT2D eigenvalue weighted by Crippen LogP contribution is -2.39. The molecule has 1 aliphatic rings. The first kappa shape index (κ1) is 34.1. The summed E-state index contributed by atoms with van der Waals surface area (Å²) in [6, 6.07) is 5.94. The number of carboxylic acids is 4. The quantitative estimate of drug-likeness (QED) is 0.244. The molecule has 6 N–H and O–H groups in total. The molecule has 0 saturated carbocycles. The highest BCUT2D eigenvalue weighted by Crippen LogP contribution is 2.24. The van der Waals surface area contributed by atoms with Gasteiger partial charge in [0.15, 0.2) is 0 Å². The monoisotopic (exact) mass is 546 g/mol. The van der Waals surface area contributed by atoms with Crippen LogP contribution in [0.1, 0.15) is 57.4 Å². The number of nitrogens with two attached hydrogens (primary N) is 1. The Kier molecular flexibility index (Phi) is 18.6. The highest BCUT2D eigenvalue weighted by molar-refractivity contribution is 6.30. The van der Waals surface area contributed by atoms with Crippen LogP contribution < -0.4 is 10.5 Å².